The van der Waals surface area contributed by atoms with Crippen LogP contribution in [0.1, 0.15) is 20.3 Å². The first-order chi connectivity index (χ1) is 9.34. The zero-order chi connectivity index (χ0) is 15.3. The van der Waals surface area contributed by atoms with Gasteiger partial charge in [-0.1, -0.05) is 12.1 Å². The Balaban J connectivity index is 3.10. The van der Waals surface area contributed by atoms with Crippen molar-refractivity contribution in [1.29, 1.82) is 0 Å². The molecule has 0 saturated heterocycles. The number of aryl methyl sites for hydroxylation is 1. The van der Waals surface area contributed by atoms with Crippen LogP contribution in [-0.4, -0.2) is 53.4 Å². The highest BCUT2D eigenvalue weighted by atomic mass is 79.9. The number of carbonyl (C=O) groups is 1. The van der Waals surface area contributed by atoms with Crippen LogP contribution in [0.3, 0.4) is 0 Å². The molecule has 0 saturated carbocycles. The predicted octanol–water partition coefficient (Wildman–Crippen LogP) is 0.541. The highest BCUT2D eigenvalue weighted by molar-refractivity contribution is 9.10. The topological polar surface area (TPSA) is 94.4 Å². The summed E-state index contributed by atoms with van der Waals surface area (Å²) in [6, 6.07) is 0. The summed E-state index contributed by atoms with van der Waals surface area (Å²) < 4.78 is 32.2. The summed E-state index contributed by atoms with van der Waals surface area (Å²) in [5.41, 5.74) is 0. The van der Waals surface area contributed by atoms with Crippen LogP contribution in [0.5, 0.6) is 0 Å². The van der Waals surface area contributed by atoms with Gasteiger partial charge < -0.3 is 4.74 Å². The minimum absolute atomic E-state index is 0.0877. The Kier molecular flexibility index (Phi) is 6.08. The van der Waals surface area contributed by atoms with Gasteiger partial charge in [0.25, 0.3) is 10.0 Å². The van der Waals surface area contributed by atoms with Crippen molar-refractivity contribution < 1.29 is 17.9 Å². The van der Waals surface area contributed by atoms with E-state index in [-0.39, 0.29) is 29.3 Å². The standard InChI is InChI=1S/C10H17BrN4O4S/c1-4-6-15(7-8(16)19-5-2)20(17,18)10-9(11)12-13-14(10)3/h4-7H2,1-3H3. The summed E-state index contributed by atoms with van der Waals surface area (Å²) in [6.07, 6.45) is 0.571. The van der Waals surface area contributed by atoms with Crippen LogP contribution < -0.4 is 0 Å². The number of halogens is 1. The van der Waals surface area contributed by atoms with Crippen LogP contribution in [-0.2, 0) is 26.6 Å². The van der Waals surface area contributed by atoms with Gasteiger partial charge in [0.1, 0.15) is 6.54 Å². The molecule has 0 spiro atoms. The monoisotopic (exact) mass is 368 g/mol. The molecule has 0 aliphatic rings. The van der Waals surface area contributed by atoms with Crippen LogP contribution in [0.15, 0.2) is 9.63 Å². The van der Waals surface area contributed by atoms with Crippen molar-refractivity contribution >= 4 is 31.9 Å². The fourth-order valence-electron chi connectivity index (χ4n) is 1.60. The maximum Gasteiger partial charge on any atom is 0.321 e. The Morgan fingerprint density at radius 1 is 1.45 bits per heavy atom. The van der Waals surface area contributed by atoms with Gasteiger partial charge in [0.15, 0.2) is 4.60 Å². The van der Waals surface area contributed by atoms with E-state index in [1.54, 1.807) is 6.92 Å². The molecule has 1 heterocycles. The fraction of sp³-hybridized carbons (Fsp3) is 0.700. The number of sulfonamides is 1. The normalized spacial score (nSPS) is 11.8. The van der Waals surface area contributed by atoms with Gasteiger partial charge in [0.2, 0.25) is 5.03 Å². The molecule has 0 amide bonds. The SMILES string of the molecule is CCCN(CC(=O)OCC)S(=O)(=O)c1c(Br)nnn1C. The van der Waals surface area contributed by atoms with Gasteiger partial charge in [-0.05, 0) is 29.3 Å². The number of rotatable bonds is 7. The highest BCUT2D eigenvalue weighted by Crippen LogP contribution is 2.22. The van der Waals surface area contributed by atoms with E-state index in [2.05, 4.69) is 26.2 Å². The Bertz CT molecular complexity index is 552. The molecule has 0 N–H and O–H groups in total. The lowest BCUT2D eigenvalue weighted by Gasteiger charge is -2.20. The van der Waals surface area contributed by atoms with Crippen LogP contribution in [0, 0.1) is 0 Å². The van der Waals surface area contributed by atoms with E-state index in [1.165, 1.54) is 7.05 Å². The Morgan fingerprint density at radius 3 is 2.55 bits per heavy atom. The van der Waals surface area contributed by atoms with E-state index in [4.69, 9.17) is 4.74 Å². The molecule has 0 unspecified atom stereocenters. The van der Waals surface area contributed by atoms with Gasteiger partial charge >= 0.3 is 5.97 Å². The number of esters is 1. The quantitative estimate of drug-likeness (QED) is 0.652. The minimum Gasteiger partial charge on any atom is -0.465 e. The van der Waals surface area contributed by atoms with Gasteiger partial charge in [-0.3, -0.25) is 4.79 Å². The molecule has 114 valence electrons. The second-order valence-corrected chi connectivity index (χ2v) is 6.56. The molecule has 10 heteroatoms. The van der Waals surface area contributed by atoms with Gasteiger partial charge in [0, 0.05) is 13.6 Å². The lowest BCUT2D eigenvalue weighted by molar-refractivity contribution is -0.143. The van der Waals surface area contributed by atoms with E-state index < -0.39 is 16.0 Å². The summed E-state index contributed by atoms with van der Waals surface area (Å²) in [5.74, 6) is -0.587. The lowest BCUT2D eigenvalue weighted by atomic mass is 10.5. The van der Waals surface area contributed by atoms with Crippen molar-refractivity contribution in [3.63, 3.8) is 0 Å². The first kappa shape index (κ1) is 17.1. The molecule has 1 aromatic heterocycles. The van der Waals surface area contributed by atoms with Crippen molar-refractivity contribution in [2.75, 3.05) is 19.7 Å². The third-order valence-corrected chi connectivity index (χ3v) is 5.14. The van der Waals surface area contributed by atoms with Crippen molar-refractivity contribution in [2.24, 2.45) is 7.05 Å². The molecular weight excluding hydrogens is 352 g/mol. The molecule has 0 radical (unpaired) electrons. The van der Waals surface area contributed by atoms with Crippen LogP contribution >= 0.6 is 15.9 Å². The molecule has 8 nitrogen and oxygen atoms in total. The fourth-order valence-corrected chi connectivity index (χ4v) is 4.11. The Hall–Kier alpha value is -1.00. The molecule has 0 fully saturated rings. The third-order valence-electron chi connectivity index (χ3n) is 2.41. The largest absolute Gasteiger partial charge is 0.465 e. The molecule has 0 bridgehead atoms. The smallest absolute Gasteiger partial charge is 0.321 e. The van der Waals surface area contributed by atoms with E-state index in [9.17, 15) is 13.2 Å². The van der Waals surface area contributed by atoms with Crippen LogP contribution in [0.4, 0.5) is 0 Å². The molecule has 20 heavy (non-hydrogen) atoms. The average Bonchev–Trinajstić information content (AvgIpc) is 2.69. The van der Waals surface area contributed by atoms with E-state index in [1.807, 2.05) is 6.92 Å². The number of aromatic nitrogens is 3. The summed E-state index contributed by atoms with van der Waals surface area (Å²) in [7, 11) is -2.40. The molecule has 0 aliphatic heterocycles. The number of hydrogen-bond acceptors (Lipinski definition) is 6. The summed E-state index contributed by atoms with van der Waals surface area (Å²) >= 11 is 3.05. The summed E-state index contributed by atoms with van der Waals surface area (Å²) in [5, 5.41) is 7.20. The molecule has 1 rings (SSSR count). The first-order valence-corrected chi connectivity index (χ1v) is 8.28. The van der Waals surface area contributed by atoms with Gasteiger partial charge in [-0.15, -0.1) is 5.10 Å². The lowest BCUT2D eigenvalue weighted by Crippen LogP contribution is -2.38. The maximum absolute atomic E-state index is 12.6. The van der Waals surface area contributed by atoms with Crippen molar-refractivity contribution in [2.45, 2.75) is 25.3 Å². The van der Waals surface area contributed by atoms with Gasteiger partial charge in [0.05, 0.1) is 6.61 Å². The zero-order valence-electron chi connectivity index (χ0n) is 11.5. The zero-order valence-corrected chi connectivity index (χ0v) is 13.9. The molecule has 1 aromatic rings. The Labute approximate surface area is 126 Å². The van der Waals surface area contributed by atoms with Crippen LogP contribution in [0.25, 0.3) is 0 Å². The van der Waals surface area contributed by atoms with Crippen molar-refractivity contribution in [3.8, 4) is 0 Å². The number of hydrogen-bond donors (Lipinski definition) is 0. The first-order valence-electron chi connectivity index (χ1n) is 6.05. The Morgan fingerprint density at radius 2 is 2.10 bits per heavy atom. The van der Waals surface area contributed by atoms with Crippen molar-refractivity contribution in [1.82, 2.24) is 19.3 Å². The number of nitrogens with zero attached hydrogens (tertiary/aromatic N) is 4. The molecule has 0 aliphatic carbocycles. The second kappa shape index (κ2) is 7.14. The average molecular weight is 369 g/mol. The maximum atomic E-state index is 12.6. The second-order valence-electron chi connectivity index (χ2n) is 3.95. The van der Waals surface area contributed by atoms with Crippen molar-refractivity contribution in [3.05, 3.63) is 4.60 Å². The third kappa shape index (κ3) is 3.76. The highest BCUT2D eigenvalue weighted by Gasteiger charge is 2.32. The molecule has 0 atom stereocenters. The molecular formula is C10H17BrN4O4S. The number of carbonyl (C=O) groups excluding carboxylic acids is 1. The van der Waals surface area contributed by atoms with E-state index in [0.29, 0.717) is 6.42 Å². The van der Waals surface area contributed by atoms with E-state index >= 15 is 0 Å². The summed E-state index contributed by atoms with van der Waals surface area (Å²) in [4.78, 5) is 11.5. The van der Waals surface area contributed by atoms with Crippen LogP contribution in [0.2, 0.25) is 0 Å². The molecule has 0 aromatic carbocycles. The van der Waals surface area contributed by atoms with E-state index in [0.717, 1.165) is 8.99 Å². The number of ether oxygens (including phenoxy) is 1. The predicted molar refractivity (Wildman–Crippen MR) is 74.4 cm³/mol. The minimum atomic E-state index is -3.87. The summed E-state index contributed by atoms with van der Waals surface area (Å²) in [6.45, 7) is 3.57. The van der Waals surface area contributed by atoms with Gasteiger partial charge in [-0.25, -0.2) is 13.1 Å². The van der Waals surface area contributed by atoms with Gasteiger partial charge in [-0.2, -0.15) is 4.31 Å².